The predicted octanol–water partition coefficient (Wildman–Crippen LogP) is 1.55. The van der Waals surface area contributed by atoms with Crippen LogP contribution in [-0.4, -0.2) is 19.4 Å². The molecule has 1 saturated carbocycles. The van der Waals surface area contributed by atoms with E-state index in [1.165, 1.54) is 7.11 Å². The predicted molar refractivity (Wildman–Crippen MR) is 48.1 cm³/mol. The fraction of sp³-hybridized carbons (Fsp3) is 0.800. The summed E-state index contributed by atoms with van der Waals surface area (Å²) in [4.78, 5) is 21.9. The number of methoxy groups -OCH3 is 1. The second kappa shape index (κ2) is 3.90. The first kappa shape index (κ1) is 10.2. The summed E-state index contributed by atoms with van der Waals surface area (Å²) in [5.41, 5.74) is -0.372. The number of aldehydes is 1. The van der Waals surface area contributed by atoms with Crippen LogP contribution in [-0.2, 0) is 14.3 Å². The highest BCUT2D eigenvalue weighted by Gasteiger charge is 2.58. The van der Waals surface area contributed by atoms with E-state index >= 15 is 0 Å². The molecule has 1 rings (SSSR count). The Kier molecular flexibility index (Phi) is 3.07. The zero-order valence-corrected chi connectivity index (χ0v) is 8.21. The van der Waals surface area contributed by atoms with E-state index in [2.05, 4.69) is 11.7 Å². The van der Waals surface area contributed by atoms with E-state index in [1.807, 2.05) is 0 Å². The number of ether oxygens (including phenoxy) is 1. The van der Waals surface area contributed by atoms with Crippen molar-refractivity contribution < 1.29 is 14.3 Å². The van der Waals surface area contributed by atoms with E-state index in [4.69, 9.17) is 0 Å². The number of esters is 1. The van der Waals surface area contributed by atoms with E-state index in [9.17, 15) is 9.59 Å². The summed E-state index contributed by atoms with van der Waals surface area (Å²) < 4.78 is 4.61. The molecule has 0 aromatic heterocycles. The van der Waals surface area contributed by atoms with Crippen LogP contribution in [0.2, 0.25) is 0 Å². The number of carbonyl (C=O) groups excluding carboxylic acids is 2. The molecule has 1 aliphatic carbocycles. The molecule has 1 aliphatic rings. The summed E-state index contributed by atoms with van der Waals surface area (Å²) in [6.45, 7) is 2.08. The first-order chi connectivity index (χ1) is 6.20. The van der Waals surface area contributed by atoms with E-state index in [0.29, 0.717) is 6.42 Å². The molecule has 3 heteroatoms. The summed E-state index contributed by atoms with van der Waals surface area (Å²) in [5, 5.41) is 0. The molecule has 0 heterocycles. The van der Waals surface area contributed by atoms with Crippen LogP contribution in [0, 0.1) is 11.3 Å². The quantitative estimate of drug-likeness (QED) is 0.481. The number of hydrogen-bond acceptors (Lipinski definition) is 3. The molecular formula is C10H16O3. The summed E-state index contributed by atoms with van der Waals surface area (Å²) in [6, 6.07) is 0. The van der Waals surface area contributed by atoms with Gasteiger partial charge in [-0.2, -0.15) is 0 Å². The van der Waals surface area contributed by atoms with E-state index in [0.717, 1.165) is 25.5 Å². The van der Waals surface area contributed by atoms with Gasteiger partial charge < -0.3 is 9.53 Å². The standard InChI is InChI=1S/C10H16O3/c1-3-4-5-10(7-11)6-8(10)9(12)13-2/h7-8H,3-6H2,1-2H3/t8-,10+/m0/s1. The number of carbonyl (C=O) groups is 2. The molecule has 0 aliphatic heterocycles. The lowest BCUT2D eigenvalue weighted by Crippen LogP contribution is -2.13. The van der Waals surface area contributed by atoms with Gasteiger partial charge in [0, 0.05) is 5.41 Å². The van der Waals surface area contributed by atoms with Crippen LogP contribution in [0.4, 0.5) is 0 Å². The van der Waals surface area contributed by atoms with Crippen molar-refractivity contribution in [2.75, 3.05) is 7.11 Å². The molecule has 13 heavy (non-hydrogen) atoms. The van der Waals surface area contributed by atoms with Gasteiger partial charge in [0.05, 0.1) is 13.0 Å². The van der Waals surface area contributed by atoms with Crippen LogP contribution in [0.15, 0.2) is 0 Å². The minimum Gasteiger partial charge on any atom is -0.469 e. The Morgan fingerprint density at radius 3 is 2.85 bits per heavy atom. The Balaban J connectivity index is 2.48. The molecule has 2 atom stereocenters. The second-order valence-electron chi connectivity index (χ2n) is 3.73. The Labute approximate surface area is 78.5 Å². The first-order valence-electron chi connectivity index (χ1n) is 4.74. The van der Waals surface area contributed by atoms with Gasteiger partial charge in [-0.3, -0.25) is 4.79 Å². The molecule has 0 saturated heterocycles. The molecule has 0 amide bonds. The SMILES string of the molecule is CCCC[C@]1(C=O)C[C@H]1C(=O)OC. The summed E-state index contributed by atoms with van der Waals surface area (Å²) in [7, 11) is 1.37. The maximum Gasteiger partial charge on any atom is 0.309 e. The highest BCUT2D eigenvalue weighted by atomic mass is 16.5. The van der Waals surface area contributed by atoms with E-state index < -0.39 is 0 Å². The topological polar surface area (TPSA) is 43.4 Å². The van der Waals surface area contributed by atoms with Crippen molar-refractivity contribution in [1.82, 2.24) is 0 Å². The van der Waals surface area contributed by atoms with Crippen molar-refractivity contribution in [3.63, 3.8) is 0 Å². The van der Waals surface area contributed by atoms with Crippen LogP contribution in [0.5, 0.6) is 0 Å². The average Bonchev–Trinajstić information content (AvgIpc) is 2.89. The molecule has 1 fully saturated rings. The smallest absolute Gasteiger partial charge is 0.309 e. The van der Waals surface area contributed by atoms with Crippen molar-refractivity contribution in [1.29, 1.82) is 0 Å². The van der Waals surface area contributed by atoms with Crippen LogP contribution in [0.25, 0.3) is 0 Å². The molecule has 0 unspecified atom stereocenters. The van der Waals surface area contributed by atoms with Gasteiger partial charge in [-0.05, 0) is 12.8 Å². The average molecular weight is 184 g/mol. The molecular weight excluding hydrogens is 168 g/mol. The number of hydrogen-bond donors (Lipinski definition) is 0. The van der Waals surface area contributed by atoms with Crippen molar-refractivity contribution in [2.24, 2.45) is 11.3 Å². The molecule has 0 aromatic carbocycles. The van der Waals surface area contributed by atoms with Gasteiger partial charge in [-0.1, -0.05) is 19.8 Å². The lowest BCUT2D eigenvalue weighted by molar-refractivity contribution is -0.143. The van der Waals surface area contributed by atoms with E-state index in [1.54, 1.807) is 0 Å². The largest absolute Gasteiger partial charge is 0.469 e. The molecule has 0 radical (unpaired) electrons. The Bertz CT molecular complexity index is 212. The summed E-state index contributed by atoms with van der Waals surface area (Å²) >= 11 is 0. The zero-order chi connectivity index (χ0) is 9.90. The fourth-order valence-corrected chi connectivity index (χ4v) is 1.75. The first-order valence-corrected chi connectivity index (χ1v) is 4.74. The number of unbranched alkanes of at least 4 members (excludes halogenated alkanes) is 1. The van der Waals surface area contributed by atoms with Crippen molar-refractivity contribution in [3.8, 4) is 0 Å². The Morgan fingerprint density at radius 1 is 1.69 bits per heavy atom. The molecule has 0 spiro atoms. The van der Waals surface area contributed by atoms with E-state index in [-0.39, 0.29) is 17.3 Å². The molecule has 74 valence electrons. The number of rotatable bonds is 5. The molecule has 0 bridgehead atoms. The molecule has 3 nitrogen and oxygen atoms in total. The van der Waals surface area contributed by atoms with Crippen molar-refractivity contribution >= 4 is 12.3 Å². The zero-order valence-electron chi connectivity index (χ0n) is 8.21. The summed E-state index contributed by atoms with van der Waals surface area (Å²) in [5.74, 6) is -0.398. The maximum atomic E-state index is 11.1. The fourth-order valence-electron chi connectivity index (χ4n) is 1.75. The van der Waals surface area contributed by atoms with Gasteiger partial charge in [0.2, 0.25) is 0 Å². The lowest BCUT2D eigenvalue weighted by atomic mass is 9.98. The normalized spacial score (nSPS) is 31.1. The van der Waals surface area contributed by atoms with Crippen molar-refractivity contribution in [3.05, 3.63) is 0 Å². The molecule has 0 N–H and O–H groups in total. The monoisotopic (exact) mass is 184 g/mol. The second-order valence-corrected chi connectivity index (χ2v) is 3.73. The van der Waals surface area contributed by atoms with Crippen LogP contribution in [0.3, 0.4) is 0 Å². The minimum atomic E-state index is -0.372. The third kappa shape index (κ3) is 1.90. The van der Waals surface area contributed by atoms with Gasteiger partial charge in [0.25, 0.3) is 0 Å². The third-order valence-corrected chi connectivity index (χ3v) is 2.83. The van der Waals surface area contributed by atoms with Crippen LogP contribution in [0.1, 0.15) is 32.6 Å². The van der Waals surface area contributed by atoms with Gasteiger partial charge in [-0.25, -0.2) is 0 Å². The lowest BCUT2D eigenvalue weighted by Gasteiger charge is -2.07. The third-order valence-electron chi connectivity index (χ3n) is 2.83. The maximum absolute atomic E-state index is 11.1. The molecule has 0 aromatic rings. The van der Waals surface area contributed by atoms with Gasteiger partial charge in [0.15, 0.2) is 0 Å². The highest BCUT2D eigenvalue weighted by Crippen LogP contribution is 2.54. The van der Waals surface area contributed by atoms with Crippen LogP contribution >= 0.6 is 0 Å². The summed E-state index contributed by atoms with van der Waals surface area (Å²) in [6.07, 6.45) is 4.51. The minimum absolute atomic E-state index is 0.165. The Morgan fingerprint density at radius 2 is 2.38 bits per heavy atom. The van der Waals surface area contributed by atoms with Crippen LogP contribution < -0.4 is 0 Å². The van der Waals surface area contributed by atoms with Gasteiger partial charge in [-0.15, -0.1) is 0 Å². The van der Waals surface area contributed by atoms with Gasteiger partial charge >= 0.3 is 5.97 Å². The Hall–Kier alpha value is -0.860. The van der Waals surface area contributed by atoms with Crippen molar-refractivity contribution in [2.45, 2.75) is 32.6 Å². The highest BCUT2D eigenvalue weighted by molar-refractivity contribution is 5.84. The van der Waals surface area contributed by atoms with Gasteiger partial charge in [0.1, 0.15) is 6.29 Å².